The number of amides is 1. The van der Waals surface area contributed by atoms with Crippen molar-refractivity contribution < 1.29 is 9.90 Å². The molecule has 0 atom stereocenters. The molecule has 0 aliphatic heterocycles. The van der Waals surface area contributed by atoms with Gasteiger partial charge in [-0.05, 0) is 29.2 Å². The molecule has 0 aliphatic carbocycles. The molecule has 3 N–H and O–H groups in total. The molecule has 0 aliphatic rings. The van der Waals surface area contributed by atoms with Crippen molar-refractivity contribution in [2.24, 2.45) is 0 Å². The van der Waals surface area contributed by atoms with E-state index < -0.39 is 0 Å². The fraction of sp³-hybridized carbons (Fsp3) is 0.500. The molecule has 4 nitrogen and oxygen atoms in total. The Balaban J connectivity index is 3.10. The van der Waals surface area contributed by atoms with Gasteiger partial charge in [0.2, 0.25) is 0 Å². The number of carbonyl (C=O) groups excluding carboxylic acids is 1. The number of hydrogen-bond donors (Lipinski definition) is 2. The van der Waals surface area contributed by atoms with Crippen molar-refractivity contribution >= 4 is 11.6 Å². The Morgan fingerprint density at radius 1 is 1.33 bits per heavy atom. The highest BCUT2D eigenvalue weighted by molar-refractivity contribution is 5.95. The zero-order valence-electron chi connectivity index (χ0n) is 11.5. The molecule has 0 fully saturated rings. The van der Waals surface area contributed by atoms with Crippen LogP contribution in [0.2, 0.25) is 0 Å². The van der Waals surface area contributed by atoms with E-state index in [1.165, 1.54) is 4.90 Å². The Bertz CT molecular complexity index is 436. The second-order valence-corrected chi connectivity index (χ2v) is 5.54. The molecule has 0 radical (unpaired) electrons. The molecule has 1 rings (SSSR count). The normalized spacial score (nSPS) is 11.4. The maximum atomic E-state index is 12.1. The summed E-state index contributed by atoms with van der Waals surface area (Å²) in [4.78, 5) is 13.6. The molecule has 0 spiro atoms. The van der Waals surface area contributed by atoms with Crippen molar-refractivity contribution in [2.45, 2.75) is 26.2 Å². The van der Waals surface area contributed by atoms with Gasteiger partial charge in [0, 0.05) is 24.8 Å². The molecule has 4 heteroatoms. The lowest BCUT2D eigenvalue weighted by Crippen LogP contribution is -2.29. The Hall–Kier alpha value is -1.55. The van der Waals surface area contributed by atoms with E-state index in [1.54, 1.807) is 13.1 Å². The number of aliphatic hydroxyl groups excluding tert-OH is 1. The summed E-state index contributed by atoms with van der Waals surface area (Å²) in [7, 11) is 1.67. The summed E-state index contributed by atoms with van der Waals surface area (Å²) in [6, 6.07) is 5.43. The van der Waals surface area contributed by atoms with Crippen LogP contribution in [0.25, 0.3) is 0 Å². The Labute approximate surface area is 108 Å². The average molecular weight is 250 g/mol. The van der Waals surface area contributed by atoms with Crippen LogP contribution in [0.4, 0.5) is 5.69 Å². The minimum Gasteiger partial charge on any atom is -0.399 e. The van der Waals surface area contributed by atoms with Crippen LogP contribution in [0.1, 0.15) is 36.7 Å². The van der Waals surface area contributed by atoms with Gasteiger partial charge in [-0.1, -0.05) is 20.8 Å². The third kappa shape index (κ3) is 3.47. The van der Waals surface area contributed by atoms with Gasteiger partial charge in [0.25, 0.3) is 5.91 Å². The SMILES string of the molecule is CN(CCO)C(=O)c1cc(N)cc(C(C)(C)C)c1. The van der Waals surface area contributed by atoms with Crippen LogP contribution in [0, 0.1) is 0 Å². The Kier molecular flexibility index (Phi) is 4.35. The zero-order valence-corrected chi connectivity index (χ0v) is 11.5. The minimum atomic E-state index is -0.123. The highest BCUT2D eigenvalue weighted by Gasteiger charge is 2.18. The second-order valence-electron chi connectivity index (χ2n) is 5.54. The number of likely N-dealkylation sites (N-methyl/N-ethyl adjacent to an activating group) is 1. The lowest BCUT2D eigenvalue weighted by atomic mass is 9.85. The average Bonchev–Trinajstić information content (AvgIpc) is 2.26. The van der Waals surface area contributed by atoms with E-state index in [0.29, 0.717) is 17.8 Å². The quantitative estimate of drug-likeness (QED) is 0.801. The van der Waals surface area contributed by atoms with E-state index in [4.69, 9.17) is 10.8 Å². The zero-order chi connectivity index (χ0) is 13.9. The molecule has 0 bridgehead atoms. The van der Waals surface area contributed by atoms with Crippen molar-refractivity contribution in [1.29, 1.82) is 0 Å². The monoisotopic (exact) mass is 250 g/mol. The van der Waals surface area contributed by atoms with E-state index in [1.807, 2.05) is 12.1 Å². The standard InChI is InChI=1S/C14H22N2O2/c1-14(2,3)11-7-10(8-12(15)9-11)13(18)16(4)5-6-17/h7-9,17H,5-6,15H2,1-4H3. The van der Waals surface area contributed by atoms with Crippen LogP contribution < -0.4 is 5.73 Å². The van der Waals surface area contributed by atoms with E-state index in [9.17, 15) is 4.79 Å². The molecule has 1 aromatic carbocycles. The Morgan fingerprint density at radius 3 is 2.44 bits per heavy atom. The highest BCUT2D eigenvalue weighted by atomic mass is 16.3. The number of hydrogen-bond acceptors (Lipinski definition) is 3. The number of aliphatic hydroxyl groups is 1. The summed E-state index contributed by atoms with van der Waals surface area (Å²) < 4.78 is 0. The van der Waals surface area contributed by atoms with Crippen molar-refractivity contribution in [1.82, 2.24) is 4.90 Å². The summed E-state index contributed by atoms with van der Waals surface area (Å²) in [5.41, 5.74) is 7.97. The number of nitrogen functional groups attached to an aromatic ring is 1. The predicted molar refractivity (Wildman–Crippen MR) is 73.6 cm³/mol. The van der Waals surface area contributed by atoms with Crippen LogP contribution in [0.5, 0.6) is 0 Å². The molecule has 0 saturated heterocycles. The van der Waals surface area contributed by atoms with Crippen LogP contribution in [0.3, 0.4) is 0 Å². The topological polar surface area (TPSA) is 66.6 Å². The smallest absolute Gasteiger partial charge is 0.253 e. The van der Waals surface area contributed by atoms with E-state index >= 15 is 0 Å². The van der Waals surface area contributed by atoms with Gasteiger partial charge < -0.3 is 15.7 Å². The Morgan fingerprint density at radius 2 is 1.94 bits per heavy atom. The van der Waals surface area contributed by atoms with Crippen LogP contribution >= 0.6 is 0 Å². The first-order chi connectivity index (χ1) is 8.25. The van der Waals surface area contributed by atoms with Gasteiger partial charge in [0.15, 0.2) is 0 Å². The molecule has 0 heterocycles. The minimum absolute atomic E-state index is 0.0450. The van der Waals surface area contributed by atoms with Gasteiger partial charge >= 0.3 is 0 Å². The second kappa shape index (κ2) is 5.40. The van der Waals surface area contributed by atoms with Crippen LogP contribution in [-0.4, -0.2) is 36.1 Å². The number of anilines is 1. The lowest BCUT2D eigenvalue weighted by molar-refractivity contribution is 0.0767. The van der Waals surface area contributed by atoms with Crippen LogP contribution in [-0.2, 0) is 5.41 Å². The van der Waals surface area contributed by atoms with Gasteiger partial charge in [-0.3, -0.25) is 4.79 Å². The summed E-state index contributed by atoms with van der Waals surface area (Å²) in [6.45, 7) is 6.50. The lowest BCUT2D eigenvalue weighted by Gasteiger charge is -2.22. The van der Waals surface area contributed by atoms with Crippen molar-refractivity contribution in [3.63, 3.8) is 0 Å². The first kappa shape index (κ1) is 14.5. The van der Waals surface area contributed by atoms with Gasteiger partial charge in [0.05, 0.1) is 6.61 Å². The summed E-state index contributed by atoms with van der Waals surface area (Å²) in [6.07, 6.45) is 0. The third-order valence-corrected chi connectivity index (χ3v) is 2.85. The predicted octanol–water partition coefficient (Wildman–Crippen LogP) is 1.63. The first-order valence-corrected chi connectivity index (χ1v) is 6.03. The molecule has 1 amide bonds. The van der Waals surface area contributed by atoms with E-state index in [2.05, 4.69) is 20.8 Å². The molecule has 1 aromatic rings. The summed E-state index contributed by atoms with van der Waals surface area (Å²) >= 11 is 0. The third-order valence-electron chi connectivity index (χ3n) is 2.85. The molecule has 0 saturated carbocycles. The fourth-order valence-electron chi connectivity index (χ4n) is 1.68. The van der Waals surface area contributed by atoms with Crippen LogP contribution in [0.15, 0.2) is 18.2 Å². The van der Waals surface area contributed by atoms with Gasteiger partial charge in [-0.25, -0.2) is 0 Å². The largest absolute Gasteiger partial charge is 0.399 e. The maximum absolute atomic E-state index is 12.1. The number of nitrogens with zero attached hydrogens (tertiary/aromatic N) is 1. The number of rotatable bonds is 3. The van der Waals surface area contributed by atoms with Crippen molar-refractivity contribution in [3.05, 3.63) is 29.3 Å². The van der Waals surface area contributed by atoms with Crippen molar-refractivity contribution in [2.75, 3.05) is 25.9 Å². The number of nitrogens with two attached hydrogens (primary N) is 1. The summed E-state index contributed by atoms with van der Waals surface area (Å²) in [5.74, 6) is -0.123. The number of benzene rings is 1. The molecule has 18 heavy (non-hydrogen) atoms. The fourth-order valence-corrected chi connectivity index (χ4v) is 1.68. The first-order valence-electron chi connectivity index (χ1n) is 6.03. The van der Waals surface area contributed by atoms with Crippen molar-refractivity contribution in [3.8, 4) is 0 Å². The maximum Gasteiger partial charge on any atom is 0.253 e. The van der Waals surface area contributed by atoms with E-state index in [-0.39, 0.29) is 17.9 Å². The highest BCUT2D eigenvalue weighted by Crippen LogP contribution is 2.25. The molecule has 100 valence electrons. The molecule has 0 aromatic heterocycles. The molecule has 0 unspecified atom stereocenters. The number of carbonyl (C=O) groups is 1. The molecular formula is C14H22N2O2. The van der Waals surface area contributed by atoms with E-state index in [0.717, 1.165) is 5.56 Å². The van der Waals surface area contributed by atoms with Gasteiger partial charge in [-0.15, -0.1) is 0 Å². The summed E-state index contributed by atoms with van der Waals surface area (Å²) in [5, 5.41) is 8.85. The van der Waals surface area contributed by atoms with Gasteiger partial charge in [-0.2, -0.15) is 0 Å². The molecular weight excluding hydrogens is 228 g/mol. The van der Waals surface area contributed by atoms with Gasteiger partial charge in [0.1, 0.15) is 0 Å².